The molecule has 0 saturated heterocycles. The third kappa shape index (κ3) is 2.84. The Morgan fingerprint density at radius 3 is 2.37 bits per heavy atom. The average Bonchev–Trinajstić information content (AvgIpc) is 2.36. The standard InChI is InChI=1S/C17H19NO/c1-11-8-9-16(13(3)10-11)18-17(19)15-7-5-6-12(2)14(15)4/h5-10H,1-4H3,(H,18,19). The number of anilines is 1. The molecule has 2 nitrogen and oxygen atoms in total. The van der Waals surface area contributed by atoms with Crippen molar-refractivity contribution >= 4 is 11.6 Å². The van der Waals surface area contributed by atoms with Gasteiger partial charge >= 0.3 is 0 Å². The predicted molar refractivity (Wildman–Crippen MR) is 79.8 cm³/mol. The first-order valence-corrected chi connectivity index (χ1v) is 6.44. The van der Waals surface area contributed by atoms with Crippen molar-refractivity contribution in [1.82, 2.24) is 0 Å². The Hall–Kier alpha value is -2.09. The molecule has 0 radical (unpaired) electrons. The zero-order valence-corrected chi connectivity index (χ0v) is 11.9. The molecule has 0 saturated carbocycles. The molecule has 19 heavy (non-hydrogen) atoms. The summed E-state index contributed by atoms with van der Waals surface area (Å²) in [5.74, 6) is -0.0480. The molecule has 2 aromatic carbocycles. The van der Waals surface area contributed by atoms with Gasteiger partial charge in [-0.05, 0) is 56.5 Å². The zero-order valence-electron chi connectivity index (χ0n) is 11.9. The first kappa shape index (κ1) is 13.3. The lowest BCUT2D eigenvalue weighted by atomic mass is 10.0. The van der Waals surface area contributed by atoms with Crippen LogP contribution in [0.15, 0.2) is 36.4 Å². The number of rotatable bonds is 2. The fraction of sp³-hybridized carbons (Fsp3) is 0.235. The van der Waals surface area contributed by atoms with Crippen LogP contribution in [0, 0.1) is 27.7 Å². The highest BCUT2D eigenvalue weighted by Gasteiger charge is 2.11. The lowest BCUT2D eigenvalue weighted by Gasteiger charge is -2.11. The number of amides is 1. The highest BCUT2D eigenvalue weighted by Crippen LogP contribution is 2.19. The molecule has 0 aliphatic carbocycles. The predicted octanol–water partition coefficient (Wildman–Crippen LogP) is 4.17. The van der Waals surface area contributed by atoms with Gasteiger partial charge in [-0.25, -0.2) is 0 Å². The van der Waals surface area contributed by atoms with Crippen LogP contribution in [-0.2, 0) is 0 Å². The van der Waals surface area contributed by atoms with E-state index in [1.54, 1.807) is 0 Å². The molecule has 0 aliphatic rings. The van der Waals surface area contributed by atoms with Gasteiger partial charge in [0.05, 0.1) is 0 Å². The van der Waals surface area contributed by atoms with Crippen LogP contribution in [0.4, 0.5) is 5.69 Å². The summed E-state index contributed by atoms with van der Waals surface area (Å²) in [6.07, 6.45) is 0. The molecule has 2 heteroatoms. The lowest BCUT2D eigenvalue weighted by molar-refractivity contribution is 0.102. The zero-order chi connectivity index (χ0) is 14.0. The second kappa shape index (κ2) is 5.27. The number of hydrogen-bond acceptors (Lipinski definition) is 1. The monoisotopic (exact) mass is 253 g/mol. The molecule has 0 atom stereocenters. The van der Waals surface area contributed by atoms with Crippen LogP contribution < -0.4 is 5.32 Å². The van der Waals surface area contributed by atoms with Crippen molar-refractivity contribution in [2.45, 2.75) is 27.7 Å². The van der Waals surface area contributed by atoms with Gasteiger partial charge < -0.3 is 5.32 Å². The first-order chi connectivity index (χ1) is 8.99. The van der Waals surface area contributed by atoms with Gasteiger partial charge in [0.15, 0.2) is 0 Å². The first-order valence-electron chi connectivity index (χ1n) is 6.44. The molecule has 0 aliphatic heterocycles. The van der Waals surface area contributed by atoms with E-state index in [2.05, 4.69) is 11.4 Å². The van der Waals surface area contributed by atoms with Gasteiger partial charge in [-0.1, -0.05) is 29.8 Å². The Labute approximate surface area is 114 Å². The number of hydrogen-bond donors (Lipinski definition) is 1. The average molecular weight is 253 g/mol. The smallest absolute Gasteiger partial charge is 0.255 e. The normalized spacial score (nSPS) is 10.3. The molecule has 98 valence electrons. The number of carbonyl (C=O) groups is 1. The highest BCUT2D eigenvalue weighted by molar-refractivity contribution is 6.05. The van der Waals surface area contributed by atoms with E-state index in [-0.39, 0.29) is 5.91 Å². The van der Waals surface area contributed by atoms with Crippen molar-refractivity contribution in [3.05, 3.63) is 64.2 Å². The maximum absolute atomic E-state index is 12.3. The Morgan fingerprint density at radius 1 is 0.947 bits per heavy atom. The maximum Gasteiger partial charge on any atom is 0.255 e. The summed E-state index contributed by atoms with van der Waals surface area (Å²) in [6.45, 7) is 8.05. The van der Waals surface area contributed by atoms with Gasteiger partial charge in [-0.3, -0.25) is 4.79 Å². The SMILES string of the molecule is Cc1ccc(NC(=O)c2cccc(C)c2C)c(C)c1. The summed E-state index contributed by atoms with van der Waals surface area (Å²) in [6, 6.07) is 11.8. The molecule has 0 bridgehead atoms. The third-order valence-corrected chi connectivity index (χ3v) is 3.48. The van der Waals surface area contributed by atoms with Crippen LogP contribution in [0.3, 0.4) is 0 Å². The number of nitrogens with one attached hydrogen (secondary N) is 1. The summed E-state index contributed by atoms with van der Waals surface area (Å²) in [4.78, 5) is 12.3. The molecule has 0 aromatic heterocycles. The molecule has 1 amide bonds. The second-order valence-electron chi connectivity index (χ2n) is 5.02. The van der Waals surface area contributed by atoms with E-state index >= 15 is 0 Å². The summed E-state index contributed by atoms with van der Waals surface area (Å²) >= 11 is 0. The Bertz CT molecular complexity index is 629. The van der Waals surface area contributed by atoms with Crippen molar-refractivity contribution in [2.24, 2.45) is 0 Å². The van der Waals surface area contributed by atoms with Crippen LogP contribution >= 0.6 is 0 Å². The molecule has 0 unspecified atom stereocenters. The van der Waals surface area contributed by atoms with E-state index in [1.807, 2.05) is 58.0 Å². The number of aryl methyl sites for hydroxylation is 3. The van der Waals surface area contributed by atoms with Gasteiger partial charge in [0, 0.05) is 11.3 Å². The molecule has 0 fully saturated rings. The minimum absolute atomic E-state index is 0.0480. The minimum Gasteiger partial charge on any atom is -0.322 e. The van der Waals surface area contributed by atoms with Gasteiger partial charge in [0.2, 0.25) is 0 Å². The minimum atomic E-state index is -0.0480. The molecular weight excluding hydrogens is 234 g/mol. The van der Waals surface area contributed by atoms with E-state index < -0.39 is 0 Å². The van der Waals surface area contributed by atoms with Gasteiger partial charge in [-0.15, -0.1) is 0 Å². The number of benzene rings is 2. The van der Waals surface area contributed by atoms with E-state index in [9.17, 15) is 4.79 Å². The van der Waals surface area contributed by atoms with Gasteiger partial charge in [-0.2, -0.15) is 0 Å². The topological polar surface area (TPSA) is 29.1 Å². The summed E-state index contributed by atoms with van der Waals surface area (Å²) in [5, 5.41) is 2.98. The van der Waals surface area contributed by atoms with E-state index in [0.29, 0.717) is 0 Å². The molecule has 1 N–H and O–H groups in total. The van der Waals surface area contributed by atoms with Crippen molar-refractivity contribution in [1.29, 1.82) is 0 Å². The van der Waals surface area contributed by atoms with Crippen LogP contribution in [0.5, 0.6) is 0 Å². The van der Waals surface area contributed by atoms with Gasteiger partial charge in [0.1, 0.15) is 0 Å². The number of carbonyl (C=O) groups excluding carboxylic acids is 1. The fourth-order valence-corrected chi connectivity index (χ4v) is 2.14. The largest absolute Gasteiger partial charge is 0.322 e. The Morgan fingerprint density at radius 2 is 1.68 bits per heavy atom. The summed E-state index contributed by atoms with van der Waals surface area (Å²) < 4.78 is 0. The molecular formula is C17H19NO. The van der Waals surface area contributed by atoms with Crippen LogP contribution in [0.1, 0.15) is 32.6 Å². The third-order valence-electron chi connectivity index (χ3n) is 3.48. The lowest BCUT2D eigenvalue weighted by Crippen LogP contribution is -2.14. The quantitative estimate of drug-likeness (QED) is 0.855. The Kier molecular flexibility index (Phi) is 3.70. The molecule has 2 rings (SSSR count). The highest BCUT2D eigenvalue weighted by atomic mass is 16.1. The Balaban J connectivity index is 2.28. The maximum atomic E-state index is 12.3. The molecule has 0 heterocycles. The summed E-state index contributed by atoms with van der Waals surface area (Å²) in [5.41, 5.74) is 6.05. The van der Waals surface area contributed by atoms with Crippen molar-refractivity contribution in [2.75, 3.05) is 5.32 Å². The molecule has 0 spiro atoms. The van der Waals surface area contributed by atoms with Crippen molar-refractivity contribution in [3.8, 4) is 0 Å². The van der Waals surface area contributed by atoms with E-state index in [1.165, 1.54) is 5.56 Å². The van der Waals surface area contributed by atoms with Crippen molar-refractivity contribution in [3.63, 3.8) is 0 Å². The summed E-state index contributed by atoms with van der Waals surface area (Å²) in [7, 11) is 0. The molecule has 2 aromatic rings. The van der Waals surface area contributed by atoms with E-state index in [4.69, 9.17) is 0 Å². The van der Waals surface area contributed by atoms with Gasteiger partial charge in [0.25, 0.3) is 5.91 Å². The second-order valence-corrected chi connectivity index (χ2v) is 5.02. The fourth-order valence-electron chi connectivity index (χ4n) is 2.14. The van der Waals surface area contributed by atoms with Crippen molar-refractivity contribution < 1.29 is 4.79 Å². The van der Waals surface area contributed by atoms with Crippen LogP contribution in [0.2, 0.25) is 0 Å². The van der Waals surface area contributed by atoms with E-state index in [0.717, 1.165) is 27.9 Å². The van der Waals surface area contributed by atoms with Crippen LogP contribution in [0.25, 0.3) is 0 Å². The van der Waals surface area contributed by atoms with Crippen LogP contribution in [-0.4, -0.2) is 5.91 Å².